The number of benzene rings is 1. The Morgan fingerprint density at radius 1 is 1.27 bits per heavy atom. The standard InChI is InChI=1S/C20H21ClN4O5/c1-13-19(21)14(2)24(23-13)11-3-10-22-20(26)18-9-8-17(30-18)12-29-16-6-4-15(5-7-16)25(27)28/h4-9H,3,10-12H2,1-2H3,(H,22,26). The summed E-state index contributed by atoms with van der Waals surface area (Å²) < 4.78 is 12.8. The van der Waals surface area contributed by atoms with Crippen LogP contribution in [0.2, 0.25) is 5.02 Å². The van der Waals surface area contributed by atoms with Crippen LogP contribution in [0.3, 0.4) is 0 Å². The summed E-state index contributed by atoms with van der Waals surface area (Å²) in [5.41, 5.74) is 1.68. The lowest BCUT2D eigenvalue weighted by atomic mass is 10.3. The second kappa shape index (κ2) is 9.45. The second-order valence-corrected chi connectivity index (χ2v) is 7.00. The Morgan fingerprint density at radius 2 is 2.00 bits per heavy atom. The molecule has 0 saturated heterocycles. The Kier molecular flexibility index (Phi) is 6.73. The SMILES string of the molecule is Cc1nn(CCCNC(=O)c2ccc(COc3ccc([N+](=O)[O-])cc3)o2)c(C)c1Cl. The molecule has 1 aromatic carbocycles. The fourth-order valence-corrected chi connectivity index (χ4v) is 2.94. The van der Waals surface area contributed by atoms with Crippen molar-refractivity contribution < 1.29 is 18.9 Å². The van der Waals surface area contributed by atoms with Crippen molar-refractivity contribution in [3.63, 3.8) is 0 Å². The molecule has 1 N–H and O–H groups in total. The zero-order valence-electron chi connectivity index (χ0n) is 16.6. The molecule has 30 heavy (non-hydrogen) atoms. The maximum absolute atomic E-state index is 12.2. The van der Waals surface area contributed by atoms with Crippen molar-refractivity contribution in [2.45, 2.75) is 33.4 Å². The highest BCUT2D eigenvalue weighted by atomic mass is 35.5. The number of hydrogen-bond acceptors (Lipinski definition) is 6. The predicted octanol–water partition coefficient (Wildman–Crippen LogP) is 4.05. The summed E-state index contributed by atoms with van der Waals surface area (Å²) in [7, 11) is 0. The molecule has 3 aromatic rings. The number of carbonyl (C=O) groups excluding carboxylic acids is 1. The third-order valence-corrected chi connectivity index (χ3v) is 4.99. The van der Waals surface area contributed by atoms with E-state index in [-0.39, 0.29) is 24.0 Å². The maximum Gasteiger partial charge on any atom is 0.286 e. The molecule has 2 heterocycles. The quantitative estimate of drug-likeness (QED) is 0.310. The van der Waals surface area contributed by atoms with Gasteiger partial charge in [0.25, 0.3) is 11.6 Å². The van der Waals surface area contributed by atoms with Crippen LogP contribution in [-0.4, -0.2) is 27.2 Å². The van der Waals surface area contributed by atoms with Crippen LogP contribution in [0.5, 0.6) is 5.75 Å². The van der Waals surface area contributed by atoms with Gasteiger partial charge in [0.1, 0.15) is 18.1 Å². The molecule has 0 aliphatic heterocycles. The van der Waals surface area contributed by atoms with E-state index in [0.29, 0.717) is 36.0 Å². The van der Waals surface area contributed by atoms with Gasteiger partial charge < -0.3 is 14.5 Å². The molecular formula is C20H21ClN4O5. The molecule has 0 atom stereocenters. The van der Waals surface area contributed by atoms with E-state index >= 15 is 0 Å². The van der Waals surface area contributed by atoms with Crippen LogP contribution >= 0.6 is 11.6 Å². The number of halogens is 1. The number of aromatic nitrogens is 2. The van der Waals surface area contributed by atoms with Crippen molar-refractivity contribution >= 4 is 23.2 Å². The smallest absolute Gasteiger partial charge is 0.286 e. The maximum atomic E-state index is 12.2. The molecular weight excluding hydrogens is 412 g/mol. The van der Waals surface area contributed by atoms with E-state index in [2.05, 4.69) is 10.4 Å². The van der Waals surface area contributed by atoms with Gasteiger partial charge in [0.2, 0.25) is 0 Å². The average Bonchev–Trinajstić information content (AvgIpc) is 3.30. The normalized spacial score (nSPS) is 10.8. The fraction of sp³-hybridized carbons (Fsp3) is 0.300. The van der Waals surface area contributed by atoms with Crippen molar-refractivity contribution in [1.82, 2.24) is 15.1 Å². The van der Waals surface area contributed by atoms with Crippen LogP contribution < -0.4 is 10.1 Å². The molecule has 1 amide bonds. The molecule has 0 spiro atoms. The minimum atomic E-state index is -0.479. The summed E-state index contributed by atoms with van der Waals surface area (Å²) in [6, 6.07) is 8.95. The Morgan fingerprint density at radius 3 is 2.63 bits per heavy atom. The van der Waals surface area contributed by atoms with Crippen LogP contribution in [0.15, 0.2) is 40.8 Å². The first-order valence-corrected chi connectivity index (χ1v) is 9.66. The molecule has 0 fully saturated rings. The Hall–Kier alpha value is -3.33. The van der Waals surface area contributed by atoms with Crippen molar-refractivity contribution in [3.05, 3.63) is 74.4 Å². The molecule has 0 aliphatic rings. The number of rotatable bonds is 9. The fourth-order valence-electron chi connectivity index (χ4n) is 2.81. The third kappa shape index (κ3) is 5.18. The zero-order valence-corrected chi connectivity index (χ0v) is 17.3. The first-order chi connectivity index (χ1) is 14.3. The summed E-state index contributed by atoms with van der Waals surface area (Å²) in [4.78, 5) is 22.4. The Labute approximate surface area is 177 Å². The molecule has 0 bridgehead atoms. The summed E-state index contributed by atoms with van der Waals surface area (Å²) >= 11 is 6.13. The highest BCUT2D eigenvalue weighted by Gasteiger charge is 2.12. The summed E-state index contributed by atoms with van der Waals surface area (Å²) in [6.45, 7) is 4.97. The van der Waals surface area contributed by atoms with Crippen molar-refractivity contribution in [1.29, 1.82) is 0 Å². The van der Waals surface area contributed by atoms with E-state index in [1.54, 1.807) is 12.1 Å². The number of carbonyl (C=O) groups is 1. The highest BCUT2D eigenvalue weighted by molar-refractivity contribution is 6.31. The summed E-state index contributed by atoms with van der Waals surface area (Å²) in [5, 5.41) is 18.5. The molecule has 9 nitrogen and oxygen atoms in total. The second-order valence-electron chi connectivity index (χ2n) is 6.62. The van der Waals surface area contributed by atoms with Crippen LogP contribution in [0, 0.1) is 24.0 Å². The minimum Gasteiger partial charge on any atom is -0.486 e. The number of amides is 1. The van der Waals surface area contributed by atoms with E-state index in [1.165, 1.54) is 24.3 Å². The van der Waals surface area contributed by atoms with Crippen LogP contribution in [0.25, 0.3) is 0 Å². The van der Waals surface area contributed by atoms with Crippen molar-refractivity contribution in [3.8, 4) is 5.75 Å². The van der Waals surface area contributed by atoms with Gasteiger partial charge in [-0.05, 0) is 44.5 Å². The summed E-state index contributed by atoms with van der Waals surface area (Å²) in [5.74, 6) is 0.803. The zero-order chi connectivity index (χ0) is 21.7. The number of hydrogen-bond donors (Lipinski definition) is 1. The monoisotopic (exact) mass is 432 g/mol. The van der Waals surface area contributed by atoms with Gasteiger partial charge in [0.15, 0.2) is 5.76 Å². The lowest BCUT2D eigenvalue weighted by Crippen LogP contribution is -2.25. The lowest BCUT2D eigenvalue weighted by molar-refractivity contribution is -0.384. The number of nitro groups is 1. The lowest BCUT2D eigenvalue weighted by Gasteiger charge is -2.06. The van der Waals surface area contributed by atoms with Crippen molar-refractivity contribution in [2.75, 3.05) is 6.54 Å². The predicted molar refractivity (Wildman–Crippen MR) is 110 cm³/mol. The molecule has 10 heteroatoms. The minimum absolute atomic E-state index is 0.0137. The van der Waals surface area contributed by atoms with Crippen LogP contribution in [0.1, 0.15) is 34.1 Å². The Bertz CT molecular complexity index is 1040. The van der Waals surface area contributed by atoms with Gasteiger partial charge in [0, 0.05) is 25.2 Å². The average molecular weight is 433 g/mol. The van der Waals surface area contributed by atoms with E-state index in [4.69, 9.17) is 20.8 Å². The number of nitrogens with one attached hydrogen (secondary N) is 1. The number of furan rings is 1. The first-order valence-electron chi connectivity index (χ1n) is 9.29. The molecule has 2 aromatic heterocycles. The molecule has 3 rings (SSSR count). The van der Waals surface area contributed by atoms with Gasteiger partial charge in [-0.15, -0.1) is 0 Å². The van der Waals surface area contributed by atoms with Gasteiger partial charge in [-0.1, -0.05) is 11.6 Å². The van der Waals surface area contributed by atoms with Gasteiger partial charge in [-0.3, -0.25) is 19.6 Å². The van der Waals surface area contributed by atoms with Crippen LogP contribution in [-0.2, 0) is 13.2 Å². The number of aryl methyl sites for hydroxylation is 2. The largest absolute Gasteiger partial charge is 0.486 e. The van der Waals surface area contributed by atoms with Gasteiger partial charge in [0.05, 0.1) is 21.3 Å². The Balaban J connectivity index is 1.44. The molecule has 0 radical (unpaired) electrons. The molecule has 0 saturated carbocycles. The number of ether oxygens (including phenoxy) is 1. The van der Waals surface area contributed by atoms with E-state index in [9.17, 15) is 14.9 Å². The van der Waals surface area contributed by atoms with Gasteiger partial charge in [-0.2, -0.15) is 5.10 Å². The third-order valence-electron chi connectivity index (χ3n) is 4.44. The topological polar surface area (TPSA) is 112 Å². The first kappa shape index (κ1) is 21.4. The molecule has 0 unspecified atom stereocenters. The molecule has 0 aliphatic carbocycles. The number of nitro benzene ring substituents is 1. The summed E-state index contributed by atoms with van der Waals surface area (Å²) in [6.07, 6.45) is 0.695. The highest BCUT2D eigenvalue weighted by Crippen LogP contribution is 2.20. The van der Waals surface area contributed by atoms with Crippen LogP contribution in [0.4, 0.5) is 5.69 Å². The van der Waals surface area contributed by atoms with Gasteiger partial charge in [-0.25, -0.2) is 0 Å². The van der Waals surface area contributed by atoms with E-state index in [1.807, 2.05) is 18.5 Å². The number of nitrogens with zero attached hydrogens (tertiary/aromatic N) is 3. The van der Waals surface area contributed by atoms with E-state index in [0.717, 1.165) is 11.4 Å². The van der Waals surface area contributed by atoms with Crippen molar-refractivity contribution in [2.24, 2.45) is 0 Å². The number of non-ortho nitro benzene ring substituents is 1. The van der Waals surface area contributed by atoms with Gasteiger partial charge >= 0.3 is 0 Å². The van der Waals surface area contributed by atoms with E-state index < -0.39 is 4.92 Å². The molecule has 158 valence electrons.